The molecule has 2 heterocycles. The summed E-state index contributed by atoms with van der Waals surface area (Å²) in [6.07, 6.45) is 2.57. The Balaban J connectivity index is 1.32. The van der Waals surface area contributed by atoms with Crippen LogP contribution in [0.3, 0.4) is 0 Å². The molecule has 0 unspecified atom stereocenters. The largest absolute Gasteiger partial charge is 0.497 e. The summed E-state index contributed by atoms with van der Waals surface area (Å²) >= 11 is 0. The molecule has 1 amide bonds. The molecule has 3 aromatic rings. The summed E-state index contributed by atoms with van der Waals surface area (Å²) in [7, 11) is -0.222. The number of aliphatic hydroxyl groups excluding tert-OH is 1. The van der Waals surface area contributed by atoms with E-state index in [1.807, 2.05) is 48.5 Å². The second-order valence-corrected chi connectivity index (χ2v) is 15.9. The van der Waals surface area contributed by atoms with Crippen LogP contribution in [0, 0.1) is 5.92 Å². The molecular formula is C32H39NO5Si. The van der Waals surface area contributed by atoms with Crippen molar-refractivity contribution in [1.29, 1.82) is 0 Å². The fraction of sp³-hybridized carbons (Fsp3) is 0.406. The number of benzene rings is 3. The summed E-state index contributed by atoms with van der Waals surface area (Å²) in [5.41, 5.74) is 3.21. The number of para-hydroxylation sites is 2. The zero-order valence-electron chi connectivity index (χ0n) is 23.3. The monoisotopic (exact) mass is 545 g/mol. The Morgan fingerprint density at radius 2 is 1.77 bits per heavy atom. The summed E-state index contributed by atoms with van der Waals surface area (Å²) in [5, 5.41) is 11.2. The topological polar surface area (TPSA) is 68.2 Å². The van der Waals surface area contributed by atoms with Crippen LogP contribution in [-0.2, 0) is 16.0 Å². The van der Waals surface area contributed by atoms with Gasteiger partial charge < -0.3 is 19.3 Å². The second-order valence-electron chi connectivity index (χ2n) is 11.3. The number of amides is 1. The summed E-state index contributed by atoms with van der Waals surface area (Å²) in [5.74, 6) is 1.90. The molecule has 4 atom stereocenters. The lowest BCUT2D eigenvalue weighted by Crippen LogP contribution is -2.50. The van der Waals surface area contributed by atoms with Crippen molar-refractivity contribution in [3.05, 3.63) is 78.4 Å². The molecule has 2 aliphatic rings. The summed E-state index contributed by atoms with van der Waals surface area (Å²) in [4.78, 5) is 14.6. The first-order chi connectivity index (χ1) is 18.8. The van der Waals surface area contributed by atoms with Gasteiger partial charge >= 0.3 is 0 Å². The van der Waals surface area contributed by atoms with Crippen LogP contribution in [0.1, 0.15) is 25.3 Å². The maximum absolute atomic E-state index is 12.8. The van der Waals surface area contributed by atoms with E-state index in [-0.39, 0.29) is 31.3 Å². The fourth-order valence-electron chi connectivity index (χ4n) is 6.59. The number of aryl methyl sites for hydroxylation is 1. The van der Waals surface area contributed by atoms with E-state index < -0.39 is 8.07 Å². The summed E-state index contributed by atoms with van der Waals surface area (Å²) in [6.45, 7) is 7.34. The highest BCUT2D eigenvalue weighted by Crippen LogP contribution is 2.46. The molecule has 1 fully saturated rings. The van der Waals surface area contributed by atoms with E-state index in [1.165, 1.54) is 10.8 Å². The molecule has 0 saturated carbocycles. The molecule has 1 saturated heterocycles. The zero-order valence-corrected chi connectivity index (χ0v) is 24.3. The summed E-state index contributed by atoms with van der Waals surface area (Å²) in [6, 6.07) is 24.4. The highest BCUT2D eigenvalue weighted by atomic mass is 28.3. The molecule has 5 rings (SSSR count). The van der Waals surface area contributed by atoms with Crippen molar-refractivity contribution in [2.45, 2.75) is 57.0 Å². The number of ether oxygens (including phenoxy) is 3. The Morgan fingerprint density at radius 3 is 2.51 bits per heavy atom. The normalized spacial score (nSPS) is 22.9. The van der Waals surface area contributed by atoms with E-state index in [1.54, 1.807) is 12.0 Å². The van der Waals surface area contributed by atoms with Crippen LogP contribution in [-0.4, -0.2) is 51.6 Å². The van der Waals surface area contributed by atoms with E-state index in [4.69, 9.17) is 14.2 Å². The average molecular weight is 546 g/mol. The standard InChI is InChI=1S/C32H39NO5Si/c1-22-28(38-30(18-19-34)32(22)39(3,4)26-15-13-25(36-2)14-16-26)17-12-23-8-7-9-24(20-23)33-27-10-5-6-11-29(27)37-21-31(33)35/h5-11,13-16,20,22,28,30,32,34H,12,17-19,21H2,1-4H3/t22-,28+,30-,32+/m0/s1. The number of aliphatic hydroxyl groups is 1. The summed E-state index contributed by atoms with van der Waals surface area (Å²) < 4.78 is 17.7. The Bertz CT molecular complexity index is 1290. The third-order valence-corrected chi connectivity index (χ3v) is 13.0. The van der Waals surface area contributed by atoms with Gasteiger partial charge in [0.15, 0.2) is 6.61 Å². The maximum Gasteiger partial charge on any atom is 0.269 e. The molecule has 7 heteroatoms. The number of anilines is 2. The highest BCUT2D eigenvalue weighted by Gasteiger charge is 2.50. The molecule has 0 aromatic heterocycles. The molecule has 2 aliphatic heterocycles. The lowest BCUT2D eigenvalue weighted by Gasteiger charge is -2.36. The van der Waals surface area contributed by atoms with Crippen molar-refractivity contribution < 1.29 is 24.1 Å². The van der Waals surface area contributed by atoms with Crippen LogP contribution in [0.4, 0.5) is 11.4 Å². The predicted molar refractivity (Wildman–Crippen MR) is 157 cm³/mol. The van der Waals surface area contributed by atoms with Gasteiger partial charge in [-0.2, -0.15) is 0 Å². The predicted octanol–water partition coefficient (Wildman–Crippen LogP) is 5.46. The van der Waals surface area contributed by atoms with Crippen molar-refractivity contribution in [1.82, 2.24) is 0 Å². The van der Waals surface area contributed by atoms with Gasteiger partial charge in [0, 0.05) is 12.3 Å². The number of hydrogen-bond acceptors (Lipinski definition) is 5. The van der Waals surface area contributed by atoms with E-state index in [0.29, 0.717) is 17.9 Å². The first-order valence-electron chi connectivity index (χ1n) is 13.9. The molecule has 0 radical (unpaired) electrons. The zero-order chi connectivity index (χ0) is 27.6. The Morgan fingerprint density at radius 1 is 1.00 bits per heavy atom. The molecule has 0 spiro atoms. The van der Waals surface area contributed by atoms with Crippen LogP contribution >= 0.6 is 0 Å². The number of hydrogen-bond donors (Lipinski definition) is 1. The smallest absolute Gasteiger partial charge is 0.269 e. The van der Waals surface area contributed by atoms with Gasteiger partial charge in [-0.3, -0.25) is 9.69 Å². The molecule has 1 N–H and O–H groups in total. The molecule has 3 aromatic carbocycles. The Hall–Kier alpha value is -3.13. The quantitative estimate of drug-likeness (QED) is 0.362. The number of carbonyl (C=O) groups excluding carboxylic acids is 1. The van der Waals surface area contributed by atoms with Gasteiger partial charge in [0.1, 0.15) is 11.5 Å². The van der Waals surface area contributed by atoms with E-state index in [9.17, 15) is 9.90 Å². The van der Waals surface area contributed by atoms with Crippen molar-refractivity contribution >= 4 is 30.5 Å². The van der Waals surface area contributed by atoms with Gasteiger partial charge in [-0.1, -0.05) is 61.6 Å². The van der Waals surface area contributed by atoms with Gasteiger partial charge in [-0.05, 0) is 72.7 Å². The first-order valence-corrected chi connectivity index (χ1v) is 17.0. The van der Waals surface area contributed by atoms with Crippen LogP contribution in [0.15, 0.2) is 72.8 Å². The first kappa shape index (κ1) is 27.4. The Kier molecular flexibility index (Phi) is 8.12. The number of rotatable bonds is 9. The van der Waals surface area contributed by atoms with Crippen molar-refractivity contribution in [3.8, 4) is 11.5 Å². The molecule has 0 aliphatic carbocycles. The molecule has 6 nitrogen and oxygen atoms in total. The van der Waals surface area contributed by atoms with E-state index in [0.717, 1.165) is 35.7 Å². The highest BCUT2D eigenvalue weighted by molar-refractivity contribution is 6.91. The molecular weight excluding hydrogens is 506 g/mol. The van der Waals surface area contributed by atoms with Gasteiger partial charge in [-0.15, -0.1) is 0 Å². The van der Waals surface area contributed by atoms with Gasteiger partial charge in [0.25, 0.3) is 5.91 Å². The van der Waals surface area contributed by atoms with Gasteiger partial charge in [-0.25, -0.2) is 0 Å². The number of methoxy groups -OCH3 is 1. The van der Waals surface area contributed by atoms with Crippen molar-refractivity contribution in [3.63, 3.8) is 0 Å². The van der Waals surface area contributed by atoms with Crippen LogP contribution < -0.4 is 19.6 Å². The minimum absolute atomic E-state index is 0.0379. The second kappa shape index (κ2) is 11.5. The van der Waals surface area contributed by atoms with Crippen LogP contribution in [0.2, 0.25) is 18.6 Å². The molecule has 206 valence electrons. The minimum Gasteiger partial charge on any atom is -0.497 e. The number of carbonyl (C=O) groups is 1. The fourth-order valence-corrected chi connectivity index (χ4v) is 10.7. The third-order valence-electron chi connectivity index (χ3n) is 8.58. The Labute approximate surface area is 232 Å². The van der Waals surface area contributed by atoms with Crippen molar-refractivity contribution in [2.24, 2.45) is 5.92 Å². The lowest BCUT2D eigenvalue weighted by atomic mass is 9.95. The molecule has 39 heavy (non-hydrogen) atoms. The van der Waals surface area contributed by atoms with Gasteiger partial charge in [0.05, 0.1) is 33.1 Å². The average Bonchev–Trinajstić information content (AvgIpc) is 3.27. The van der Waals surface area contributed by atoms with Gasteiger partial charge in [0.2, 0.25) is 0 Å². The molecule has 0 bridgehead atoms. The third kappa shape index (κ3) is 5.48. The van der Waals surface area contributed by atoms with Crippen LogP contribution in [0.5, 0.6) is 11.5 Å². The lowest BCUT2D eigenvalue weighted by molar-refractivity contribution is -0.120. The van der Waals surface area contributed by atoms with Crippen molar-refractivity contribution in [2.75, 3.05) is 25.2 Å². The number of nitrogens with zero attached hydrogens (tertiary/aromatic N) is 1. The van der Waals surface area contributed by atoms with E-state index >= 15 is 0 Å². The maximum atomic E-state index is 12.8. The minimum atomic E-state index is -1.92. The van der Waals surface area contributed by atoms with Crippen LogP contribution in [0.25, 0.3) is 0 Å². The van der Waals surface area contributed by atoms with E-state index in [2.05, 4.69) is 44.3 Å². The number of fused-ring (bicyclic) bond motifs is 1. The SMILES string of the molecule is COc1ccc([Si](C)(C)[C@@H]2[C@@H](C)[C@@H](CCc3cccc(N4C(=O)COc5ccccc54)c3)O[C@H]2CCO)cc1.